The molecule has 4 nitrogen and oxygen atoms in total. The minimum Gasteiger partial charge on any atom is -0.497 e. The van der Waals surface area contributed by atoms with Crippen LogP contribution in [0.5, 0.6) is 5.75 Å². The standard InChI is InChI=1S/C20H20N2O2S/c1-3-17-19(15-7-5-4-6-8-15)22-20(25-17)21-18(23)13-14-9-11-16(24-2)12-10-14/h4-12H,3,13H2,1-2H3,(H,21,22,23). The number of nitrogens with zero attached hydrogens (tertiary/aromatic N) is 1. The fraction of sp³-hybridized carbons (Fsp3) is 0.200. The lowest BCUT2D eigenvalue weighted by Gasteiger charge is -2.03. The fourth-order valence-electron chi connectivity index (χ4n) is 2.56. The Labute approximate surface area is 151 Å². The van der Waals surface area contributed by atoms with Crippen molar-refractivity contribution in [1.29, 1.82) is 0 Å². The summed E-state index contributed by atoms with van der Waals surface area (Å²) in [5.41, 5.74) is 2.97. The first-order valence-corrected chi connectivity index (χ1v) is 8.99. The number of anilines is 1. The lowest BCUT2D eigenvalue weighted by molar-refractivity contribution is -0.115. The van der Waals surface area contributed by atoms with Gasteiger partial charge in [-0.25, -0.2) is 4.98 Å². The Hall–Kier alpha value is -2.66. The molecule has 3 rings (SSSR count). The van der Waals surface area contributed by atoms with Crippen molar-refractivity contribution in [3.05, 3.63) is 65.0 Å². The van der Waals surface area contributed by atoms with Crippen LogP contribution in [0.25, 0.3) is 11.3 Å². The molecule has 0 spiro atoms. The number of thiazole rings is 1. The van der Waals surface area contributed by atoms with Gasteiger partial charge in [-0.15, -0.1) is 11.3 Å². The van der Waals surface area contributed by atoms with Gasteiger partial charge in [-0.3, -0.25) is 4.79 Å². The smallest absolute Gasteiger partial charge is 0.230 e. The molecular weight excluding hydrogens is 332 g/mol. The van der Waals surface area contributed by atoms with E-state index in [0.717, 1.165) is 29.0 Å². The predicted octanol–water partition coefficient (Wildman–Crippen LogP) is 4.56. The van der Waals surface area contributed by atoms with Gasteiger partial charge in [0.05, 0.1) is 19.2 Å². The zero-order valence-electron chi connectivity index (χ0n) is 14.3. The summed E-state index contributed by atoms with van der Waals surface area (Å²) in [5.74, 6) is 0.713. The maximum atomic E-state index is 12.3. The minimum absolute atomic E-state index is 0.0684. The van der Waals surface area contributed by atoms with Gasteiger partial charge in [0.15, 0.2) is 5.13 Å². The third-order valence-corrected chi connectivity index (χ3v) is 4.95. The summed E-state index contributed by atoms with van der Waals surface area (Å²) in [7, 11) is 1.62. The predicted molar refractivity (Wildman–Crippen MR) is 102 cm³/mol. The van der Waals surface area contributed by atoms with Crippen molar-refractivity contribution in [2.45, 2.75) is 19.8 Å². The first kappa shape index (κ1) is 17.2. The van der Waals surface area contributed by atoms with Gasteiger partial charge in [-0.2, -0.15) is 0 Å². The summed E-state index contributed by atoms with van der Waals surface area (Å²) in [5, 5.41) is 3.57. The third kappa shape index (κ3) is 4.25. The molecule has 0 saturated carbocycles. The fourth-order valence-corrected chi connectivity index (χ4v) is 3.50. The van der Waals surface area contributed by atoms with Crippen LogP contribution in [0.1, 0.15) is 17.4 Å². The SMILES string of the molecule is CCc1sc(NC(=O)Cc2ccc(OC)cc2)nc1-c1ccccc1. The van der Waals surface area contributed by atoms with Gasteiger partial charge in [0.1, 0.15) is 5.75 Å². The number of benzene rings is 2. The quantitative estimate of drug-likeness (QED) is 0.707. The number of ether oxygens (including phenoxy) is 1. The van der Waals surface area contributed by atoms with Crippen LogP contribution in [-0.2, 0) is 17.6 Å². The molecule has 1 N–H and O–H groups in total. The van der Waals surface area contributed by atoms with Gasteiger partial charge in [0.2, 0.25) is 5.91 Å². The van der Waals surface area contributed by atoms with Crippen molar-refractivity contribution < 1.29 is 9.53 Å². The molecule has 128 valence electrons. The minimum atomic E-state index is -0.0684. The molecule has 1 aromatic heterocycles. The Bertz CT molecular complexity index is 842. The molecule has 25 heavy (non-hydrogen) atoms. The van der Waals surface area contributed by atoms with Gasteiger partial charge in [0, 0.05) is 10.4 Å². The van der Waals surface area contributed by atoms with Crippen molar-refractivity contribution in [3.63, 3.8) is 0 Å². The molecule has 5 heteroatoms. The Balaban J connectivity index is 1.72. The van der Waals surface area contributed by atoms with E-state index in [1.165, 1.54) is 16.2 Å². The topological polar surface area (TPSA) is 51.2 Å². The number of carbonyl (C=O) groups excluding carboxylic acids is 1. The number of amides is 1. The van der Waals surface area contributed by atoms with Crippen LogP contribution in [0.2, 0.25) is 0 Å². The average molecular weight is 352 g/mol. The Morgan fingerprint density at radius 3 is 2.48 bits per heavy atom. The Kier molecular flexibility index (Phi) is 5.46. The maximum Gasteiger partial charge on any atom is 0.230 e. The first-order chi connectivity index (χ1) is 12.2. The van der Waals surface area contributed by atoms with E-state index in [4.69, 9.17) is 4.74 Å². The van der Waals surface area contributed by atoms with E-state index in [9.17, 15) is 4.79 Å². The summed E-state index contributed by atoms with van der Waals surface area (Å²) in [4.78, 5) is 18.1. The first-order valence-electron chi connectivity index (χ1n) is 8.17. The molecule has 0 aliphatic rings. The molecule has 3 aromatic rings. The van der Waals surface area contributed by atoms with Gasteiger partial charge in [-0.05, 0) is 24.1 Å². The molecular formula is C20H20N2O2S. The van der Waals surface area contributed by atoms with Crippen molar-refractivity contribution >= 4 is 22.4 Å². The number of nitrogens with one attached hydrogen (secondary N) is 1. The molecule has 1 amide bonds. The van der Waals surface area contributed by atoms with E-state index in [1.54, 1.807) is 7.11 Å². The molecule has 0 aliphatic heterocycles. The van der Waals surface area contributed by atoms with E-state index < -0.39 is 0 Å². The second kappa shape index (κ2) is 7.94. The highest BCUT2D eigenvalue weighted by atomic mass is 32.1. The zero-order valence-corrected chi connectivity index (χ0v) is 15.1. The molecule has 0 atom stereocenters. The molecule has 0 radical (unpaired) electrons. The lowest BCUT2D eigenvalue weighted by atomic mass is 10.1. The van der Waals surface area contributed by atoms with Crippen LogP contribution in [0.3, 0.4) is 0 Å². The van der Waals surface area contributed by atoms with E-state index in [2.05, 4.69) is 17.2 Å². The molecule has 0 aliphatic carbocycles. The highest BCUT2D eigenvalue weighted by Gasteiger charge is 2.13. The number of hydrogen-bond acceptors (Lipinski definition) is 4. The summed E-state index contributed by atoms with van der Waals surface area (Å²) in [6.07, 6.45) is 1.20. The monoisotopic (exact) mass is 352 g/mol. The Morgan fingerprint density at radius 1 is 1.12 bits per heavy atom. The van der Waals surface area contributed by atoms with E-state index >= 15 is 0 Å². The summed E-state index contributed by atoms with van der Waals surface area (Å²) in [6, 6.07) is 17.6. The second-order valence-electron chi connectivity index (χ2n) is 5.58. The maximum absolute atomic E-state index is 12.3. The number of rotatable bonds is 6. The van der Waals surface area contributed by atoms with Crippen LogP contribution >= 0.6 is 11.3 Å². The molecule has 0 bridgehead atoms. The summed E-state index contributed by atoms with van der Waals surface area (Å²) in [6.45, 7) is 2.10. The second-order valence-corrected chi connectivity index (χ2v) is 6.67. The largest absolute Gasteiger partial charge is 0.497 e. The number of aryl methyl sites for hydroxylation is 1. The van der Waals surface area contributed by atoms with Crippen molar-refractivity contribution in [2.24, 2.45) is 0 Å². The highest BCUT2D eigenvalue weighted by molar-refractivity contribution is 7.16. The van der Waals surface area contributed by atoms with Crippen molar-refractivity contribution in [3.8, 4) is 17.0 Å². The van der Waals surface area contributed by atoms with Crippen LogP contribution < -0.4 is 10.1 Å². The third-order valence-electron chi connectivity index (χ3n) is 3.84. The number of hydrogen-bond donors (Lipinski definition) is 1. The molecule has 0 fully saturated rings. The van der Waals surface area contributed by atoms with E-state index in [1.807, 2.05) is 54.6 Å². The molecule has 0 unspecified atom stereocenters. The lowest BCUT2D eigenvalue weighted by Crippen LogP contribution is -2.14. The normalized spacial score (nSPS) is 10.5. The molecule has 0 saturated heterocycles. The number of carbonyl (C=O) groups is 1. The van der Waals surface area contributed by atoms with Gasteiger partial charge >= 0.3 is 0 Å². The number of methoxy groups -OCH3 is 1. The zero-order chi connectivity index (χ0) is 17.6. The summed E-state index contributed by atoms with van der Waals surface area (Å²) >= 11 is 1.54. The van der Waals surface area contributed by atoms with Crippen LogP contribution in [-0.4, -0.2) is 18.0 Å². The van der Waals surface area contributed by atoms with Gasteiger partial charge in [-0.1, -0.05) is 49.4 Å². The van der Waals surface area contributed by atoms with E-state index in [-0.39, 0.29) is 5.91 Å². The average Bonchev–Trinajstić information content (AvgIpc) is 3.05. The van der Waals surface area contributed by atoms with Crippen LogP contribution in [0, 0.1) is 0 Å². The molecule has 1 heterocycles. The van der Waals surface area contributed by atoms with Crippen LogP contribution in [0.15, 0.2) is 54.6 Å². The Morgan fingerprint density at radius 2 is 1.84 bits per heavy atom. The van der Waals surface area contributed by atoms with E-state index in [0.29, 0.717) is 11.6 Å². The van der Waals surface area contributed by atoms with Crippen LogP contribution in [0.4, 0.5) is 5.13 Å². The van der Waals surface area contributed by atoms with Gasteiger partial charge in [0.25, 0.3) is 0 Å². The summed E-state index contributed by atoms with van der Waals surface area (Å²) < 4.78 is 5.13. The number of aromatic nitrogens is 1. The van der Waals surface area contributed by atoms with Gasteiger partial charge < -0.3 is 10.1 Å². The van der Waals surface area contributed by atoms with Crippen molar-refractivity contribution in [2.75, 3.05) is 12.4 Å². The highest BCUT2D eigenvalue weighted by Crippen LogP contribution is 2.31. The van der Waals surface area contributed by atoms with Crippen molar-refractivity contribution in [1.82, 2.24) is 4.98 Å². The molecule has 2 aromatic carbocycles.